The van der Waals surface area contributed by atoms with Gasteiger partial charge in [0.2, 0.25) is 0 Å². The molecule has 0 aliphatic rings. The number of benzene rings is 1. The largest absolute Gasteiger partial charge is 0.479 e. The number of rotatable bonds is 7. The lowest BCUT2D eigenvalue weighted by atomic mass is 10.0. The van der Waals surface area contributed by atoms with Crippen LogP contribution in [0.5, 0.6) is 5.75 Å². The summed E-state index contributed by atoms with van der Waals surface area (Å²) in [6.07, 6.45) is 2.17. The topological polar surface area (TPSA) is 65.7 Å². The second kappa shape index (κ2) is 7.99. The van der Waals surface area contributed by atoms with Gasteiger partial charge in [-0.25, -0.2) is 9.59 Å². The van der Waals surface area contributed by atoms with Crippen LogP contribution in [-0.4, -0.2) is 18.7 Å². The zero-order valence-electron chi connectivity index (χ0n) is 14.7. The summed E-state index contributed by atoms with van der Waals surface area (Å²) in [6, 6.07) is 5.24. The van der Waals surface area contributed by atoms with Crippen molar-refractivity contribution in [1.82, 2.24) is 0 Å². The predicted octanol–water partition coefficient (Wildman–Crippen LogP) is 3.77. The van der Waals surface area contributed by atoms with Crippen molar-refractivity contribution in [3.63, 3.8) is 0 Å². The Balaban J connectivity index is 2.40. The SMILES string of the molecule is CCCCc1cc(=O)oc2c(C)c(O[C@@H](C)C(=O)OCC)ccc12. The first kappa shape index (κ1) is 18.0. The van der Waals surface area contributed by atoms with Crippen molar-refractivity contribution >= 4 is 16.9 Å². The quantitative estimate of drug-likeness (QED) is 0.570. The van der Waals surface area contributed by atoms with E-state index in [2.05, 4.69) is 6.92 Å². The maximum atomic E-state index is 11.9. The van der Waals surface area contributed by atoms with Gasteiger partial charge in [0, 0.05) is 17.0 Å². The number of hydrogen-bond donors (Lipinski definition) is 0. The number of esters is 1. The summed E-state index contributed by atoms with van der Waals surface area (Å²) in [5, 5.41) is 0.914. The molecular weight excluding hydrogens is 308 g/mol. The summed E-state index contributed by atoms with van der Waals surface area (Å²) in [5.74, 6) is 0.0917. The molecule has 1 aromatic heterocycles. The van der Waals surface area contributed by atoms with Crippen LogP contribution in [0.15, 0.2) is 27.4 Å². The lowest BCUT2D eigenvalue weighted by Gasteiger charge is -2.16. The molecular formula is C19H24O5. The molecule has 0 bridgehead atoms. The molecule has 0 aliphatic carbocycles. The van der Waals surface area contributed by atoms with E-state index < -0.39 is 12.1 Å². The maximum Gasteiger partial charge on any atom is 0.347 e. The minimum Gasteiger partial charge on any atom is -0.479 e. The molecule has 0 fully saturated rings. The molecule has 5 nitrogen and oxygen atoms in total. The van der Waals surface area contributed by atoms with Crippen LogP contribution < -0.4 is 10.4 Å². The maximum absolute atomic E-state index is 11.9. The summed E-state index contributed by atoms with van der Waals surface area (Å²) < 4.78 is 16.0. The van der Waals surface area contributed by atoms with E-state index in [9.17, 15) is 9.59 Å². The monoisotopic (exact) mass is 332 g/mol. The molecule has 0 N–H and O–H groups in total. The summed E-state index contributed by atoms with van der Waals surface area (Å²) in [4.78, 5) is 23.6. The number of hydrogen-bond acceptors (Lipinski definition) is 5. The van der Waals surface area contributed by atoms with Crippen molar-refractivity contribution in [3.8, 4) is 5.75 Å². The van der Waals surface area contributed by atoms with Gasteiger partial charge in [0.25, 0.3) is 0 Å². The lowest BCUT2D eigenvalue weighted by Crippen LogP contribution is -2.26. The van der Waals surface area contributed by atoms with Crippen molar-refractivity contribution in [2.24, 2.45) is 0 Å². The highest BCUT2D eigenvalue weighted by atomic mass is 16.6. The highest BCUT2D eigenvalue weighted by molar-refractivity contribution is 5.85. The van der Waals surface area contributed by atoms with E-state index in [0.29, 0.717) is 23.5 Å². The normalized spacial score (nSPS) is 12.2. The first-order valence-corrected chi connectivity index (χ1v) is 8.37. The number of unbranched alkanes of at least 4 members (excludes halogenated alkanes) is 1. The molecule has 5 heteroatoms. The molecule has 0 saturated heterocycles. The third-order valence-corrected chi connectivity index (χ3v) is 3.92. The van der Waals surface area contributed by atoms with Gasteiger partial charge < -0.3 is 13.9 Å². The first-order valence-electron chi connectivity index (χ1n) is 8.37. The average molecular weight is 332 g/mol. The second-order valence-corrected chi connectivity index (χ2v) is 5.77. The Morgan fingerprint density at radius 3 is 2.71 bits per heavy atom. The Bertz CT molecular complexity index is 775. The van der Waals surface area contributed by atoms with Crippen molar-refractivity contribution in [2.75, 3.05) is 6.61 Å². The van der Waals surface area contributed by atoms with E-state index in [1.54, 1.807) is 19.9 Å². The van der Waals surface area contributed by atoms with E-state index in [4.69, 9.17) is 13.9 Å². The third kappa shape index (κ3) is 3.96. The van der Waals surface area contributed by atoms with Crippen molar-refractivity contribution in [3.05, 3.63) is 39.7 Å². The highest BCUT2D eigenvalue weighted by Crippen LogP contribution is 2.29. The molecule has 1 aromatic carbocycles. The minimum atomic E-state index is -0.726. The van der Waals surface area contributed by atoms with Crippen molar-refractivity contribution in [1.29, 1.82) is 0 Å². The standard InChI is InChI=1S/C19H24O5/c1-5-7-8-14-11-17(20)24-18-12(3)16(10-9-15(14)18)23-13(4)19(21)22-6-2/h9-11,13H,5-8H2,1-4H3/t13-/m0/s1. The Labute approximate surface area is 141 Å². The number of fused-ring (bicyclic) bond motifs is 1. The van der Waals surface area contributed by atoms with Gasteiger partial charge in [0.15, 0.2) is 6.10 Å². The smallest absolute Gasteiger partial charge is 0.347 e. The third-order valence-electron chi connectivity index (χ3n) is 3.92. The fraction of sp³-hybridized carbons (Fsp3) is 0.474. The summed E-state index contributed by atoms with van der Waals surface area (Å²) >= 11 is 0. The van der Waals surface area contributed by atoms with Gasteiger partial charge in [0.05, 0.1) is 6.61 Å². The molecule has 24 heavy (non-hydrogen) atoms. The van der Waals surface area contributed by atoms with Crippen LogP contribution in [0.25, 0.3) is 11.0 Å². The average Bonchev–Trinajstić information content (AvgIpc) is 2.55. The Morgan fingerprint density at radius 1 is 1.29 bits per heavy atom. The van der Waals surface area contributed by atoms with Gasteiger partial charge in [-0.15, -0.1) is 0 Å². The highest BCUT2D eigenvalue weighted by Gasteiger charge is 2.18. The van der Waals surface area contributed by atoms with Crippen LogP contribution in [-0.2, 0) is 16.0 Å². The van der Waals surface area contributed by atoms with Gasteiger partial charge in [-0.2, -0.15) is 0 Å². The summed E-state index contributed by atoms with van der Waals surface area (Å²) in [5.41, 5.74) is 1.84. The van der Waals surface area contributed by atoms with Crippen LogP contribution in [0, 0.1) is 6.92 Å². The van der Waals surface area contributed by atoms with Gasteiger partial charge in [-0.1, -0.05) is 13.3 Å². The zero-order chi connectivity index (χ0) is 17.7. The fourth-order valence-electron chi connectivity index (χ4n) is 2.61. The molecule has 2 aromatic rings. The van der Waals surface area contributed by atoms with Crippen LogP contribution >= 0.6 is 0 Å². The van der Waals surface area contributed by atoms with Gasteiger partial charge >= 0.3 is 11.6 Å². The molecule has 1 atom stereocenters. The minimum absolute atomic E-state index is 0.304. The van der Waals surface area contributed by atoms with Crippen LogP contribution in [0.2, 0.25) is 0 Å². The number of aryl methyl sites for hydroxylation is 2. The lowest BCUT2D eigenvalue weighted by molar-refractivity contribution is -0.150. The molecule has 130 valence electrons. The fourth-order valence-corrected chi connectivity index (χ4v) is 2.61. The summed E-state index contributed by atoms with van der Waals surface area (Å²) in [6.45, 7) is 7.62. The second-order valence-electron chi connectivity index (χ2n) is 5.77. The van der Waals surface area contributed by atoms with Crippen molar-refractivity contribution in [2.45, 2.75) is 53.1 Å². The molecule has 0 spiro atoms. The molecule has 0 saturated carbocycles. The van der Waals surface area contributed by atoms with Gasteiger partial charge in [0.1, 0.15) is 11.3 Å². The number of carbonyl (C=O) groups excluding carboxylic acids is 1. The molecule has 1 heterocycles. The van der Waals surface area contributed by atoms with E-state index in [1.807, 2.05) is 19.1 Å². The number of carbonyl (C=O) groups is 1. The van der Waals surface area contributed by atoms with E-state index in [-0.39, 0.29) is 5.63 Å². The van der Waals surface area contributed by atoms with E-state index in [1.165, 1.54) is 0 Å². The Morgan fingerprint density at radius 2 is 2.04 bits per heavy atom. The molecule has 2 rings (SSSR count). The first-order chi connectivity index (χ1) is 11.5. The predicted molar refractivity (Wildman–Crippen MR) is 92.6 cm³/mol. The molecule has 0 aliphatic heterocycles. The van der Waals surface area contributed by atoms with Crippen LogP contribution in [0.4, 0.5) is 0 Å². The van der Waals surface area contributed by atoms with Crippen LogP contribution in [0.3, 0.4) is 0 Å². The van der Waals surface area contributed by atoms with E-state index in [0.717, 1.165) is 30.2 Å². The van der Waals surface area contributed by atoms with Gasteiger partial charge in [-0.05, 0) is 51.3 Å². The van der Waals surface area contributed by atoms with Crippen molar-refractivity contribution < 1.29 is 18.7 Å². The molecule has 0 radical (unpaired) electrons. The van der Waals surface area contributed by atoms with Crippen LogP contribution in [0.1, 0.15) is 44.7 Å². The van der Waals surface area contributed by atoms with Gasteiger partial charge in [-0.3, -0.25) is 0 Å². The number of ether oxygens (including phenoxy) is 2. The molecule has 0 amide bonds. The molecule has 0 unspecified atom stereocenters. The van der Waals surface area contributed by atoms with E-state index >= 15 is 0 Å². The summed E-state index contributed by atoms with van der Waals surface area (Å²) in [7, 11) is 0. The Kier molecular flexibility index (Phi) is 6.01. The Hall–Kier alpha value is -2.30. The zero-order valence-corrected chi connectivity index (χ0v) is 14.7.